The van der Waals surface area contributed by atoms with Crippen molar-refractivity contribution >= 4 is 42.8 Å². The van der Waals surface area contributed by atoms with Crippen molar-refractivity contribution in [2.24, 2.45) is 0 Å². The van der Waals surface area contributed by atoms with Crippen LogP contribution in [0, 0.1) is 18.6 Å². The number of pyridine rings is 1. The van der Waals surface area contributed by atoms with Gasteiger partial charge >= 0.3 is 0 Å². The van der Waals surface area contributed by atoms with Crippen molar-refractivity contribution in [1.29, 1.82) is 0 Å². The average molecular weight is 337 g/mol. The molecule has 1 heterocycles. The Hall–Kier alpha value is -0.550. The fraction of sp³-hybridized carbons (Fsp3) is 0.100. The molecule has 0 atom stereocenters. The smallest absolute Gasteiger partial charge is 0.185 e. The highest BCUT2D eigenvalue weighted by molar-refractivity contribution is 9.13. The first-order valence-corrected chi connectivity index (χ1v) is 5.70. The Bertz CT molecular complexity index is 555. The first kappa shape index (κ1) is 11.0. The Morgan fingerprint density at radius 3 is 2.47 bits per heavy atom. The van der Waals surface area contributed by atoms with Gasteiger partial charge in [0.25, 0.3) is 0 Å². The maximum Gasteiger partial charge on any atom is 0.185 e. The van der Waals surface area contributed by atoms with E-state index in [1.54, 1.807) is 6.92 Å². The molecular formula is C10H5Br2F2N. The predicted octanol–water partition coefficient (Wildman–Crippen LogP) is 4.35. The van der Waals surface area contributed by atoms with Crippen LogP contribution in [0.5, 0.6) is 0 Å². The fourth-order valence-corrected chi connectivity index (χ4v) is 2.23. The summed E-state index contributed by atoms with van der Waals surface area (Å²) in [6.07, 6.45) is 0. The van der Waals surface area contributed by atoms with Gasteiger partial charge in [0.15, 0.2) is 11.6 Å². The van der Waals surface area contributed by atoms with E-state index in [-0.39, 0.29) is 5.52 Å². The number of hydrogen-bond donors (Lipinski definition) is 0. The van der Waals surface area contributed by atoms with E-state index >= 15 is 0 Å². The molecule has 1 aromatic heterocycles. The first-order valence-electron chi connectivity index (χ1n) is 4.11. The lowest BCUT2D eigenvalue weighted by Gasteiger charge is -2.06. The van der Waals surface area contributed by atoms with Gasteiger partial charge in [-0.25, -0.2) is 13.8 Å². The number of aryl methyl sites for hydroxylation is 1. The van der Waals surface area contributed by atoms with Gasteiger partial charge in [-0.1, -0.05) is 0 Å². The van der Waals surface area contributed by atoms with E-state index in [1.165, 1.54) is 6.07 Å². The molecule has 5 heteroatoms. The summed E-state index contributed by atoms with van der Waals surface area (Å²) in [5.74, 6) is -1.80. The van der Waals surface area contributed by atoms with Crippen LogP contribution in [0.15, 0.2) is 21.1 Å². The van der Waals surface area contributed by atoms with Crippen molar-refractivity contribution in [3.8, 4) is 0 Å². The first-order chi connectivity index (χ1) is 7.02. The predicted molar refractivity (Wildman–Crippen MR) is 61.8 cm³/mol. The monoisotopic (exact) mass is 335 g/mol. The van der Waals surface area contributed by atoms with Gasteiger partial charge in [0.05, 0.1) is 10.2 Å². The highest BCUT2D eigenvalue weighted by atomic mass is 79.9. The third-order valence-corrected chi connectivity index (χ3v) is 4.42. The SMILES string of the molecule is Cc1nc2c(F)c(F)ccc2c(Br)c1Br. The van der Waals surface area contributed by atoms with Gasteiger partial charge in [0.2, 0.25) is 0 Å². The second kappa shape index (κ2) is 3.79. The normalized spacial score (nSPS) is 11.0. The number of nitrogens with zero attached hydrogens (tertiary/aromatic N) is 1. The third kappa shape index (κ3) is 1.67. The second-order valence-corrected chi connectivity index (χ2v) is 4.67. The summed E-state index contributed by atoms with van der Waals surface area (Å²) in [6, 6.07) is 2.58. The van der Waals surface area contributed by atoms with Crippen LogP contribution < -0.4 is 0 Å². The molecule has 0 amide bonds. The van der Waals surface area contributed by atoms with Crippen LogP contribution in [0.25, 0.3) is 10.9 Å². The molecule has 1 nitrogen and oxygen atoms in total. The summed E-state index contributed by atoms with van der Waals surface area (Å²) in [5, 5.41) is 0.548. The minimum absolute atomic E-state index is 0.0441. The standard InChI is InChI=1S/C10H5Br2F2N/c1-4-7(11)8(12)5-2-3-6(13)9(14)10(5)15-4/h2-3H,1H3. The molecule has 1 aromatic carbocycles. The summed E-state index contributed by atoms with van der Waals surface area (Å²) in [6.45, 7) is 1.72. The quantitative estimate of drug-likeness (QED) is 0.697. The van der Waals surface area contributed by atoms with Gasteiger partial charge in [0.1, 0.15) is 5.52 Å². The van der Waals surface area contributed by atoms with Crippen molar-refractivity contribution in [3.63, 3.8) is 0 Å². The van der Waals surface area contributed by atoms with Gasteiger partial charge in [-0.05, 0) is 50.9 Å². The second-order valence-electron chi connectivity index (χ2n) is 3.08. The van der Waals surface area contributed by atoms with Crippen LogP contribution in [0.4, 0.5) is 8.78 Å². The zero-order chi connectivity index (χ0) is 11.2. The Morgan fingerprint density at radius 1 is 1.13 bits per heavy atom. The lowest BCUT2D eigenvalue weighted by atomic mass is 10.2. The zero-order valence-corrected chi connectivity index (χ0v) is 10.8. The fourth-order valence-electron chi connectivity index (χ4n) is 1.32. The lowest BCUT2D eigenvalue weighted by molar-refractivity contribution is 0.515. The van der Waals surface area contributed by atoms with Crippen LogP contribution in [0.3, 0.4) is 0 Å². The Morgan fingerprint density at radius 2 is 1.80 bits per heavy atom. The summed E-state index contributed by atoms with van der Waals surface area (Å²) < 4.78 is 27.8. The van der Waals surface area contributed by atoms with Gasteiger partial charge in [-0.15, -0.1) is 0 Å². The molecule has 0 aliphatic rings. The Kier molecular flexibility index (Phi) is 2.77. The average Bonchev–Trinajstić information content (AvgIpc) is 2.21. The maximum absolute atomic E-state index is 13.4. The van der Waals surface area contributed by atoms with Crippen LogP contribution in [-0.4, -0.2) is 4.98 Å². The Balaban J connectivity index is 2.98. The van der Waals surface area contributed by atoms with Crippen molar-refractivity contribution in [1.82, 2.24) is 4.98 Å². The molecule has 0 saturated heterocycles. The molecular weight excluding hydrogens is 332 g/mol. The molecule has 0 aliphatic carbocycles. The molecule has 0 N–H and O–H groups in total. The minimum Gasteiger partial charge on any atom is -0.249 e. The van der Waals surface area contributed by atoms with Gasteiger partial charge in [-0.3, -0.25) is 0 Å². The number of fused-ring (bicyclic) bond motifs is 1. The topological polar surface area (TPSA) is 12.9 Å². The maximum atomic E-state index is 13.4. The number of hydrogen-bond acceptors (Lipinski definition) is 1. The van der Waals surface area contributed by atoms with Crippen molar-refractivity contribution in [3.05, 3.63) is 38.4 Å². The van der Waals surface area contributed by atoms with Crippen molar-refractivity contribution < 1.29 is 8.78 Å². The van der Waals surface area contributed by atoms with E-state index in [4.69, 9.17) is 0 Å². The number of rotatable bonds is 0. The van der Waals surface area contributed by atoms with E-state index in [0.717, 1.165) is 10.5 Å². The zero-order valence-electron chi connectivity index (χ0n) is 7.61. The van der Waals surface area contributed by atoms with Crippen LogP contribution in [0.1, 0.15) is 5.69 Å². The summed E-state index contributed by atoms with van der Waals surface area (Å²) in [5.41, 5.74) is 0.654. The van der Waals surface area contributed by atoms with E-state index in [1.807, 2.05) is 0 Å². The van der Waals surface area contributed by atoms with Gasteiger partial charge < -0.3 is 0 Å². The summed E-state index contributed by atoms with van der Waals surface area (Å²) >= 11 is 6.63. The highest BCUT2D eigenvalue weighted by Crippen LogP contribution is 2.33. The molecule has 0 spiro atoms. The van der Waals surface area contributed by atoms with Crippen molar-refractivity contribution in [2.45, 2.75) is 6.92 Å². The summed E-state index contributed by atoms with van der Waals surface area (Å²) in [4.78, 5) is 4.00. The molecule has 0 aliphatic heterocycles. The van der Waals surface area contributed by atoms with Gasteiger partial charge in [0, 0.05) is 9.86 Å². The van der Waals surface area contributed by atoms with Crippen molar-refractivity contribution in [2.75, 3.05) is 0 Å². The minimum atomic E-state index is -0.913. The number of halogens is 4. The van der Waals surface area contributed by atoms with E-state index in [2.05, 4.69) is 36.8 Å². The van der Waals surface area contributed by atoms with E-state index < -0.39 is 11.6 Å². The molecule has 2 rings (SSSR count). The molecule has 2 aromatic rings. The molecule has 0 unspecified atom stereocenters. The van der Waals surface area contributed by atoms with Crippen LogP contribution in [0.2, 0.25) is 0 Å². The molecule has 78 valence electrons. The van der Waals surface area contributed by atoms with Crippen LogP contribution >= 0.6 is 31.9 Å². The number of benzene rings is 1. The molecule has 0 bridgehead atoms. The molecule has 0 saturated carbocycles. The lowest BCUT2D eigenvalue weighted by Crippen LogP contribution is -1.93. The molecule has 15 heavy (non-hydrogen) atoms. The Labute approximate surface area is 102 Å². The van der Waals surface area contributed by atoms with Crippen LogP contribution in [-0.2, 0) is 0 Å². The van der Waals surface area contributed by atoms with E-state index in [9.17, 15) is 8.78 Å². The number of aromatic nitrogens is 1. The van der Waals surface area contributed by atoms with E-state index in [0.29, 0.717) is 15.6 Å². The molecule has 0 fully saturated rings. The van der Waals surface area contributed by atoms with Gasteiger partial charge in [-0.2, -0.15) is 0 Å². The summed E-state index contributed by atoms with van der Waals surface area (Å²) in [7, 11) is 0. The molecule has 0 radical (unpaired) electrons. The largest absolute Gasteiger partial charge is 0.249 e. The highest BCUT2D eigenvalue weighted by Gasteiger charge is 2.14. The third-order valence-electron chi connectivity index (χ3n) is 2.10.